The lowest BCUT2D eigenvalue weighted by atomic mass is 10.0. The molecule has 2 nitrogen and oxygen atoms in total. The molecule has 0 saturated carbocycles. The van der Waals surface area contributed by atoms with Gasteiger partial charge in [-0.1, -0.05) is 42.5 Å². The minimum Gasteiger partial charge on any atom is -0.289 e. The van der Waals surface area contributed by atoms with E-state index in [0.717, 1.165) is 10.8 Å². The van der Waals surface area contributed by atoms with Crippen LogP contribution in [0.1, 0.15) is 10.4 Å². The molecule has 0 N–H and O–H groups in total. The van der Waals surface area contributed by atoms with Crippen LogP contribution >= 0.6 is 0 Å². The van der Waals surface area contributed by atoms with Gasteiger partial charge in [-0.05, 0) is 10.8 Å². The third kappa shape index (κ3) is 2.80. The smallest absolute Gasteiger partial charge is 0.212 e. The Balaban J connectivity index is 2.49. The van der Waals surface area contributed by atoms with Gasteiger partial charge in [0.15, 0.2) is 5.75 Å². The second-order valence-corrected chi connectivity index (χ2v) is 7.69. The number of hydrogen-bond donors (Lipinski definition) is 0. The first-order chi connectivity index (χ1) is 7.97. The van der Waals surface area contributed by atoms with Crippen molar-refractivity contribution >= 4 is 26.5 Å². The summed E-state index contributed by atoms with van der Waals surface area (Å²) in [6.07, 6.45) is 3.24. The molecule has 0 aliphatic heterocycles. The highest BCUT2D eigenvalue weighted by molar-refractivity contribution is 8.02. The molecule has 0 spiro atoms. The van der Waals surface area contributed by atoms with E-state index in [1.807, 2.05) is 36.4 Å². The molecule has 0 unspecified atom stereocenters. The summed E-state index contributed by atoms with van der Waals surface area (Å²) in [5.41, 5.74) is 0.666. The molecule has 2 aromatic carbocycles. The molecule has 2 aromatic rings. The van der Waals surface area contributed by atoms with Crippen molar-refractivity contribution in [3.8, 4) is 0 Å². The van der Waals surface area contributed by atoms with Gasteiger partial charge in [0.25, 0.3) is 0 Å². The number of ketones is 1. The Kier molecular flexibility index (Phi) is 3.11. The van der Waals surface area contributed by atoms with Crippen LogP contribution in [0.2, 0.25) is 0 Å². The Morgan fingerprint density at radius 1 is 1.06 bits per heavy atom. The van der Waals surface area contributed by atoms with Crippen LogP contribution in [0.3, 0.4) is 0 Å². The van der Waals surface area contributed by atoms with Gasteiger partial charge in [-0.3, -0.25) is 4.79 Å². The highest BCUT2D eigenvalue weighted by atomic mass is 32.2. The summed E-state index contributed by atoms with van der Waals surface area (Å²) in [6.45, 7) is 0. The van der Waals surface area contributed by atoms with Gasteiger partial charge in [-0.15, -0.1) is 4.21 Å². The number of carbonyl (C=O) groups is 1. The van der Waals surface area contributed by atoms with E-state index in [4.69, 9.17) is 0 Å². The van der Waals surface area contributed by atoms with Crippen LogP contribution in [0.5, 0.6) is 0 Å². The summed E-state index contributed by atoms with van der Waals surface area (Å²) in [7, 11) is -2.04. The van der Waals surface area contributed by atoms with Gasteiger partial charge in [0.1, 0.15) is 12.5 Å². The Morgan fingerprint density at radius 3 is 2.41 bits per heavy atom. The van der Waals surface area contributed by atoms with Crippen LogP contribution in [-0.2, 0) is 14.1 Å². The van der Waals surface area contributed by atoms with Crippen molar-refractivity contribution in [2.45, 2.75) is 0 Å². The molecule has 2 rings (SSSR count). The van der Waals surface area contributed by atoms with Crippen LogP contribution in [0.15, 0.2) is 42.5 Å². The van der Waals surface area contributed by atoms with Gasteiger partial charge in [0.2, 0.25) is 5.78 Å². The van der Waals surface area contributed by atoms with Crippen LogP contribution in [0.25, 0.3) is 10.8 Å². The monoisotopic (exact) mass is 247 g/mol. The Labute approximate surface area is 102 Å². The predicted molar refractivity (Wildman–Crippen MR) is 73.0 cm³/mol. The lowest BCUT2D eigenvalue weighted by molar-refractivity contribution is 0.102. The first-order valence-electron chi connectivity index (χ1n) is 5.40. The molecular weight excluding hydrogens is 232 g/mol. The lowest BCUT2D eigenvalue weighted by Gasteiger charge is -2.05. The average molecular weight is 247 g/mol. The number of carbonyl (C=O) groups excluding carboxylic acids is 1. The van der Waals surface area contributed by atoms with Crippen molar-refractivity contribution in [2.75, 3.05) is 18.3 Å². The molecule has 0 amide bonds. The van der Waals surface area contributed by atoms with Gasteiger partial charge >= 0.3 is 0 Å². The molecule has 17 heavy (non-hydrogen) atoms. The Bertz CT molecular complexity index is 605. The second kappa shape index (κ2) is 4.41. The molecule has 3 heteroatoms. The average Bonchev–Trinajstić information content (AvgIpc) is 2.26. The van der Waals surface area contributed by atoms with Crippen molar-refractivity contribution < 1.29 is 9.00 Å². The maximum absolute atomic E-state index is 12.1. The van der Waals surface area contributed by atoms with Gasteiger partial charge in [-0.25, -0.2) is 0 Å². The molecule has 0 bridgehead atoms. The Morgan fingerprint density at radius 2 is 1.71 bits per heavy atom. The molecule has 0 heterocycles. The quantitative estimate of drug-likeness (QED) is 0.617. The zero-order valence-corrected chi connectivity index (χ0v) is 10.8. The van der Waals surface area contributed by atoms with Crippen molar-refractivity contribution in [2.24, 2.45) is 0 Å². The number of Topliss-reactive ketones (excluding diaryl/α,β-unsaturated/α-hetero) is 1. The fraction of sp³-hybridized carbons (Fsp3) is 0.214. The molecule has 0 saturated heterocycles. The molecule has 0 aromatic heterocycles. The van der Waals surface area contributed by atoms with Crippen molar-refractivity contribution in [3.05, 3.63) is 48.0 Å². The second-order valence-electron chi connectivity index (χ2n) is 4.53. The Hall–Kier alpha value is -1.48. The number of benzene rings is 2. The summed E-state index contributed by atoms with van der Waals surface area (Å²) < 4.78 is 11.7. The number of rotatable bonds is 3. The largest absolute Gasteiger partial charge is 0.289 e. The van der Waals surface area contributed by atoms with Crippen molar-refractivity contribution in [1.29, 1.82) is 0 Å². The fourth-order valence-electron chi connectivity index (χ4n) is 1.86. The topological polar surface area (TPSA) is 34.1 Å². The SMILES string of the molecule is C[S+](C)(=O)CC(=O)c1cccc2ccccc12. The molecule has 88 valence electrons. The first kappa shape index (κ1) is 12.0. The predicted octanol–water partition coefficient (Wildman–Crippen LogP) is 2.78. The van der Waals surface area contributed by atoms with Gasteiger partial charge in [0, 0.05) is 5.56 Å². The highest BCUT2D eigenvalue weighted by Gasteiger charge is 2.21. The maximum Gasteiger partial charge on any atom is 0.212 e. The molecule has 0 aliphatic carbocycles. The van der Waals surface area contributed by atoms with Crippen LogP contribution in [0, 0.1) is 0 Å². The molecule has 0 fully saturated rings. The van der Waals surface area contributed by atoms with Crippen LogP contribution in [0.4, 0.5) is 0 Å². The fourth-order valence-corrected chi connectivity index (χ4v) is 2.65. The zero-order valence-electron chi connectivity index (χ0n) is 9.97. The number of fused-ring (bicyclic) bond motifs is 1. The van der Waals surface area contributed by atoms with E-state index in [9.17, 15) is 9.00 Å². The summed E-state index contributed by atoms with van der Waals surface area (Å²) in [5, 5.41) is 1.97. The standard InChI is InChI=1S/C14H15O2S/c1-17(2,16)10-14(15)13-9-5-7-11-6-3-4-8-12(11)13/h3-9H,10H2,1-2H3/q+1. The minimum atomic E-state index is -2.04. The summed E-state index contributed by atoms with van der Waals surface area (Å²) in [6, 6.07) is 13.4. The summed E-state index contributed by atoms with van der Waals surface area (Å²) in [5.74, 6) is 0.0675. The van der Waals surface area contributed by atoms with Crippen molar-refractivity contribution in [3.63, 3.8) is 0 Å². The third-order valence-corrected chi connectivity index (χ3v) is 3.53. The first-order valence-corrected chi connectivity index (χ1v) is 7.94. The summed E-state index contributed by atoms with van der Waals surface area (Å²) in [4.78, 5) is 12.1. The molecule has 0 aliphatic rings. The van der Waals surface area contributed by atoms with E-state index < -0.39 is 9.93 Å². The molecule has 0 radical (unpaired) electrons. The van der Waals surface area contributed by atoms with E-state index >= 15 is 0 Å². The van der Waals surface area contributed by atoms with E-state index in [1.54, 1.807) is 18.6 Å². The van der Waals surface area contributed by atoms with Crippen molar-refractivity contribution in [1.82, 2.24) is 0 Å². The van der Waals surface area contributed by atoms with Crippen LogP contribution < -0.4 is 0 Å². The lowest BCUT2D eigenvalue weighted by Crippen LogP contribution is -2.19. The third-order valence-electron chi connectivity index (χ3n) is 2.57. The zero-order chi connectivity index (χ0) is 12.5. The van der Waals surface area contributed by atoms with Gasteiger partial charge in [0.05, 0.1) is 9.93 Å². The van der Waals surface area contributed by atoms with Gasteiger partial charge < -0.3 is 0 Å². The molecule has 0 atom stereocenters. The van der Waals surface area contributed by atoms with Crippen LogP contribution in [-0.4, -0.2) is 24.0 Å². The van der Waals surface area contributed by atoms with E-state index in [-0.39, 0.29) is 11.5 Å². The van der Waals surface area contributed by atoms with E-state index in [0.29, 0.717) is 5.56 Å². The highest BCUT2D eigenvalue weighted by Crippen LogP contribution is 2.19. The van der Waals surface area contributed by atoms with Gasteiger partial charge in [-0.2, -0.15) is 0 Å². The van der Waals surface area contributed by atoms with E-state index in [2.05, 4.69) is 0 Å². The minimum absolute atomic E-state index is 0.0446. The summed E-state index contributed by atoms with van der Waals surface area (Å²) >= 11 is 0. The normalized spacial score (nSPS) is 11.6. The van der Waals surface area contributed by atoms with E-state index in [1.165, 1.54) is 0 Å². The molecular formula is C14H15O2S+. The maximum atomic E-state index is 12.1. The number of hydrogen-bond acceptors (Lipinski definition) is 2.